The Balaban J connectivity index is 0.00000316. The fraction of sp³-hybridized carbons (Fsp3) is 0.465. The van der Waals surface area contributed by atoms with Crippen LogP contribution in [0.4, 0.5) is 23.7 Å². The highest BCUT2D eigenvalue weighted by molar-refractivity contribution is 8.76. The van der Waals surface area contributed by atoms with Gasteiger partial charge in [0.2, 0.25) is 53.2 Å². The Kier molecular flexibility index (Phi) is 38.9. The number of aromatic hydroxyl groups is 2. The molecular formula is C71H94ClF3N16O21S2. The van der Waals surface area contributed by atoms with Crippen LogP contribution in [0.25, 0.3) is 0 Å². The lowest BCUT2D eigenvalue weighted by atomic mass is 10.0. The molecule has 0 aromatic heterocycles. The summed E-state index contributed by atoms with van der Waals surface area (Å²) in [4.78, 5) is 195. The van der Waals surface area contributed by atoms with Gasteiger partial charge in [-0.05, 0) is 104 Å². The molecule has 2 fully saturated rings. The number of aliphatic hydroxyl groups excluding tert-OH is 1. The van der Waals surface area contributed by atoms with Gasteiger partial charge in [-0.2, -0.15) is 13.2 Å². The summed E-state index contributed by atoms with van der Waals surface area (Å²) in [7, 11) is 1.70. The van der Waals surface area contributed by atoms with Gasteiger partial charge in [0.25, 0.3) is 0 Å². The molecule has 0 aliphatic carbocycles. The number of unbranched alkanes of at least 4 members (excludes halogenated alkanes) is 1. The second-order valence-electron chi connectivity index (χ2n) is 26.5. The number of anilines is 1. The average Bonchev–Trinajstić information content (AvgIpc) is 0.836. The van der Waals surface area contributed by atoms with E-state index in [1.165, 1.54) is 91.9 Å². The van der Waals surface area contributed by atoms with E-state index in [1.54, 1.807) is 31.7 Å². The molecule has 11 amide bonds. The van der Waals surface area contributed by atoms with E-state index < -0.39 is 181 Å². The first-order valence-electron chi connectivity index (χ1n) is 35.5. The summed E-state index contributed by atoms with van der Waals surface area (Å²) in [5.74, 6) is -16.3. The molecule has 2 heterocycles. The number of amides is 11. The van der Waals surface area contributed by atoms with Gasteiger partial charge in [0, 0.05) is 100 Å². The van der Waals surface area contributed by atoms with Crippen molar-refractivity contribution >= 4 is 122 Å². The maximum atomic E-state index is 15.4. The van der Waals surface area contributed by atoms with Crippen molar-refractivity contribution in [2.75, 3.05) is 102 Å². The minimum Gasteiger partial charge on any atom is -0.508 e. The van der Waals surface area contributed by atoms with Crippen LogP contribution in [0.5, 0.6) is 11.5 Å². The second kappa shape index (κ2) is 47.2. The van der Waals surface area contributed by atoms with Gasteiger partial charge in [-0.25, -0.2) is 9.59 Å². The molecule has 2 aliphatic heterocycles. The number of phenolic OH excluding ortho intramolecular Hbond substituents is 2. The normalized spacial score (nSPS) is 20.1. The largest absolute Gasteiger partial charge is 0.508 e. The molecule has 0 spiro atoms. The van der Waals surface area contributed by atoms with Crippen LogP contribution in [0.3, 0.4) is 0 Å². The number of hydrogen-bond acceptors (Lipinski definition) is 24. The van der Waals surface area contributed by atoms with E-state index in [0.29, 0.717) is 33.7 Å². The minimum atomic E-state index is -5.08. The molecule has 0 saturated carbocycles. The number of alkyl halides is 3. The molecule has 624 valence electrons. The molecule has 2 aliphatic rings. The number of hydrogen-bond donors (Lipinski definition) is 19. The molecule has 0 bridgehead atoms. The Morgan fingerprint density at radius 1 is 0.544 bits per heavy atom. The van der Waals surface area contributed by atoms with Crippen LogP contribution >= 0.6 is 33.2 Å². The van der Waals surface area contributed by atoms with Crippen molar-refractivity contribution in [3.05, 3.63) is 124 Å². The summed E-state index contributed by atoms with van der Waals surface area (Å²) >= 11 is 6.29. The van der Waals surface area contributed by atoms with Crippen molar-refractivity contribution in [1.82, 2.24) is 62.1 Å². The summed E-state index contributed by atoms with van der Waals surface area (Å²) in [6.45, 7) is 0.0299. The number of carboxylic acid groups (broad SMARTS) is 4. The molecule has 43 heteroatoms. The molecule has 6 rings (SSSR count). The third-order valence-corrected chi connectivity index (χ3v) is 20.1. The standard InChI is InChI=1S/C69H93ClN16O19S2.C2HF3O2/c1-40(87)60-68(104)81-55(66(102)77-50(61(72)97)30-43-9-17-47(88)18-10-43)39-107-106-38-54(67(103)79-53(33-44-11-19-48(89)20-12-44)65(101)78-52(32-42-7-15-46(16-8-42)74-69(73)105)64(100)76-49(62(98)82-60)4-2-3-21-71)80-63(99)51(31-41-5-13-45(70)14-6-41)75-56(90)34-83-22-24-84(35-57(91)92)26-28-86(37-59(95)96)29-27-85(25-23-83)36-58(93)94;3-2(4,5)1(6)7/h5-20,40,49-55,60,87-89H,2-4,21-39,71H2,1H3,(H2,72,97)(H,75,90)(H,76,100)(H,77,102)(H,78,101)(H,79,103)(H,80,99)(H,81,104)(H,82,98)(H,91,92)(H,93,94)(H,95,96)(H3,73,74,105);(H,6,7)/t40-,49+,50-,51+,52-,53+,54-,55+,60+;/m1./s1. The highest BCUT2D eigenvalue weighted by Crippen LogP contribution is 2.25. The molecule has 2 saturated heterocycles. The Morgan fingerprint density at radius 3 is 1.39 bits per heavy atom. The van der Waals surface area contributed by atoms with Gasteiger partial charge in [-0.1, -0.05) is 81.7 Å². The van der Waals surface area contributed by atoms with E-state index in [0.717, 1.165) is 21.6 Å². The Hall–Kier alpha value is -10.6. The monoisotopic (exact) mass is 1660 g/mol. The number of nitrogens with one attached hydrogen (secondary N) is 9. The number of aliphatic carboxylic acids is 4. The second-order valence-corrected chi connectivity index (χ2v) is 29.5. The number of halogens is 4. The van der Waals surface area contributed by atoms with Crippen LogP contribution in [0.15, 0.2) is 97.1 Å². The van der Waals surface area contributed by atoms with Gasteiger partial charge in [0.15, 0.2) is 0 Å². The maximum Gasteiger partial charge on any atom is 0.490 e. The summed E-state index contributed by atoms with van der Waals surface area (Å²) < 4.78 is 31.7. The van der Waals surface area contributed by atoms with Crippen LogP contribution in [0.1, 0.15) is 48.4 Å². The zero-order valence-electron chi connectivity index (χ0n) is 61.7. The number of primary amides is 2. The van der Waals surface area contributed by atoms with E-state index in [9.17, 15) is 91.8 Å². The number of carbonyl (C=O) groups is 14. The maximum absolute atomic E-state index is 15.4. The van der Waals surface area contributed by atoms with Gasteiger partial charge in [0.1, 0.15) is 59.8 Å². The Bertz CT molecular complexity index is 3910. The number of nitrogens with zero attached hydrogens (tertiary/aromatic N) is 4. The third-order valence-electron chi connectivity index (χ3n) is 17.4. The molecule has 4 aromatic carbocycles. The van der Waals surface area contributed by atoms with Crippen molar-refractivity contribution in [3.63, 3.8) is 0 Å². The lowest BCUT2D eigenvalue weighted by molar-refractivity contribution is -0.192. The van der Waals surface area contributed by atoms with Crippen LogP contribution in [-0.4, -0.2) is 296 Å². The molecular weight excluding hydrogens is 1570 g/mol. The summed E-state index contributed by atoms with van der Waals surface area (Å²) in [5.41, 5.74) is 18.9. The highest BCUT2D eigenvalue weighted by atomic mass is 35.5. The summed E-state index contributed by atoms with van der Waals surface area (Å²) in [6, 6.07) is 9.44. The first-order valence-corrected chi connectivity index (χ1v) is 38.4. The van der Waals surface area contributed by atoms with Gasteiger partial charge >= 0.3 is 36.1 Å². The Labute approximate surface area is 664 Å². The Morgan fingerprint density at radius 2 is 0.956 bits per heavy atom. The van der Waals surface area contributed by atoms with E-state index >= 15 is 14.4 Å². The predicted molar refractivity (Wildman–Crippen MR) is 409 cm³/mol. The first-order chi connectivity index (χ1) is 53.8. The zero-order valence-corrected chi connectivity index (χ0v) is 64.1. The zero-order chi connectivity index (χ0) is 84.4. The minimum absolute atomic E-state index is 0.0183. The van der Waals surface area contributed by atoms with E-state index in [1.807, 2.05) is 0 Å². The number of nitrogens with two attached hydrogens (primary N) is 3. The number of benzene rings is 4. The third kappa shape index (κ3) is 34.8. The molecule has 0 unspecified atom stereocenters. The van der Waals surface area contributed by atoms with Crippen LogP contribution in [0.2, 0.25) is 5.02 Å². The number of rotatable bonds is 28. The van der Waals surface area contributed by atoms with E-state index in [4.69, 9.17) is 38.7 Å². The SMILES string of the molecule is C[C@@H](O)[C@@H]1NC(=O)[C@H](CCCCN)NC(=O)[C@@H](Cc2ccc(NC(N)=O)cc2)NC(=O)[C@H](Cc2ccc(O)cc2)NC(=O)[C@H](NC(=O)[C@H](Cc2ccc(Cl)cc2)NC(=O)CN2CCN(CC(=O)O)CCN(CC(=O)O)CCN(CC(=O)O)CC2)CSSC[C@@H](C(=O)N[C@H](Cc2ccc(O)cc2)C(N)=O)NC1=O.O=C(O)C(F)(F)F. The fourth-order valence-corrected chi connectivity index (χ4v) is 13.9. The molecule has 37 nitrogen and oxygen atoms in total. The average molecular weight is 1660 g/mol. The quantitative estimate of drug-likeness (QED) is 0.0214. The van der Waals surface area contributed by atoms with Crippen molar-refractivity contribution < 1.29 is 116 Å². The summed E-state index contributed by atoms with van der Waals surface area (Å²) in [5, 5.41) is 91.8. The smallest absolute Gasteiger partial charge is 0.490 e. The number of carbonyl (C=O) groups excluding carboxylic acids is 10. The predicted octanol–water partition coefficient (Wildman–Crippen LogP) is -2.11. The van der Waals surface area contributed by atoms with E-state index in [2.05, 4.69) is 47.9 Å². The molecule has 0 radical (unpaired) electrons. The van der Waals surface area contributed by atoms with Crippen molar-refractivity contribution in [2.24, 2.45) is 17.2 Å². The molecule has 22 N–H and O–H groups in total. The highest BCUT2D eigenvalue weighted by Gasteiger charge is 2.40. The lowest BCUT2D eigenvalue weighted by Crippen LogP contribution is -2.62. The van der Waals surface area contributed by atoms with Gasteiger partial charge in [-0.3, -0.25) is 77.1 Å². The lowest BCUT2D eigenvalue weighted by Gasteiger charge is -2.33. The first kappa shape index (κ1) is 94.0. The fourth-order valence-electron chi connectivity index (χ4n) is 11.4. The number of carboxylic acids is 4. The van der Waals surface area contributed by atoms with Crippen LogP contribution in [0, 0.1) is 0 Å². The molecule has 4 aromatic rings. The van der Waals surface area contributed by atoms with Crippen LogP contribution in [-0.2, 0) is 88.0 Å². The summed E-state index contributed by atoms with van der Waals surface area (Å²) in [6.07, 6.45) is -7.48. The number of aliphatic hydroxyl groups is 1. The molecule has 114 heavy (non-hydrogen) atoms. The molecule has 9 atom stereocenters. The van der Waals surface area contributed by atoms with Gasteiger partial charge < -0.3 is 101 Å². The van der Waals surface area contributed by atoms with Crippen molar-refractivity contribution in [1.29, 1.82) is 0 Å². The van der Waals surface area contributed by atoms with Crippen molar-refractivity contribution in [2.45, 2.75) is 112 Å². The van der Waals surface area contributed by atoms with Gasteiger partial charge in [0.05, 0.1) is 32.3 Å². The van der Waals surface area contributed by atoms with Crippen LogP contribution < -0.4 is 65.1 Å². The number of phenols is 2. The van der Waals surface area contributed by atoms with Gasteiger partial charge in [-0.15, -0.1) is 0 Å². The van der Waals surface area contributed by atoms with E-state index in [-0.39, 0.29) is 115 Å². The number of urea groups is 1. The van der Waals surface area contributed by atoms with Crippen molar-refractivity contribution in [3.8, 4) is 11.5 Å². The topological polar surface area (TPSA) is 580 Å².